The van der Waals surface area contributed by atoms with Crippen LogP contribution < -0.4 is 0 Å². The van der Waals surface area contributed by atoms with Gasteiger partial charge in [0.25, 0.3) is 0 Å². The summed E-state index contributed by atoms with van der Waals surface area (Å²) in [6.45, 7) is 2.14. The summed E-state index contributed by atoms with van der Waals surface area (Å²) in [5.41, 5.74) is 0. The summed E-state index contributed by atoms with van der Waals surface area (Å²) < 4.78 is 4.69. The number of nitrogens with zero attached hydrogens (tertiary/aromatic N) is 1. The van der Waals surface area contributed by atoms with Gasteiger partial charge in [-0.1, -0.05) is 12.2 Å². The molecule has 0 unspecified atom stereocenters. The molecule has 0 aromatic carbocycles. The van der Waals surface area contributed by atoms with Crippen LogP contribution in [-0.4, -0.2) is 18.3 Å². The normalized spacial score (nSPS) is 9.45. The average molecular weight is 171 g/mol. The standard InChI is InChI=1S/C7H9NO2S/c1-2-3-4-10-7(9)5-11-6-8/h2-3H,4-5H2,1H3/b3-2+. The molecular weight excluding hydrogens is 162 g/mol. The molecule has 0 amide bonds. The smallest absolute Gasteiger partial charge is 0.317 e. The number of esters is 1. The monoisotopic (exact) mass is 171 g/mol. The van der Waals surface area contributed by atoms with Gasteiger partial charge < -0.3 is 4.74 Å². The van der Waals surface area contributed by atoms with Crippen molar-refractivity contribution in [2.75, 3.05) is 12.4 Å². The molecule has 0 aliphatic carbocycles. The van der Waals surface area contributed by atoms with E-state index in [1.54, 1.807) is 17.6 Å². The van der Waals surface area contributed by atoms with Crippen molar-refractivity contribution in [3.8, 4) is 5.40 Å². The molecule has 0 aromatic heterocycles. The van der Waals surface area contributed by atoms with Crippen LogP contribution in [0.3, 0.4) is 0 Å². The van der Waals surface area contributed by atoms with E-state index in [2.05, 4.69) is 4.74 Å². The number of carbonyl (C=O) groups is 1. The molecule has 0 heterocycles. The molecule has 0 radical (unpaired) electrons. The molecule has 60 valence electrons. The van der Waals surface area contributed by atoms with E-state index in [9.17, 15) is 4.79 Å². The van der Waals surface area contributed by atoms with Gasteiger partial charge in [-0.3, -0.25) is 4.79 Å². The molecule has 0 saturated carbocycles. The van der Waals surface area contributed by atoms with E-state index >= 15 is 0 Å². The first-order valence-corrected chi connectivity index (χ1v) is 4.07. The van der Waals surface area contributed by atoms with Gasteiger partial charge in [0.2, 0.25) is 0 Å². The quantitative estimate of drug-likeness (QED) is 0.363. The number of hydrogen-bond acceptors (Lipinski definition) is 4. The molecule has 0 aromatic rings. The molecule has 0 spiro atoms. The fraction of sp³-hybridized carbons (Fsp3) is 0.429. The minimum atomic E-state index is -0.352. The number of thiocyanates is 1. The Morgan fingerprint density at radius 3 is 3.09 bits per heavy atom. The van der Waals surface area contributed by atoms with Crippen molar-refractivity contribution in [1.29, 1.82) is 5.26 Å². The number of hydrogen-bond donors (Lipinski definition) is 0. The van der Waals surface area contributed by atoms with E-state index in [1.807, 2.05) is 6.92 Å². The number of ether oxygens (including phenoxy) is 1. The summed E-state index contributed by atoms with van der Waals surface area (Å²) in [5.74, 6) is -0.247. The van der Waals surface area contributed by atoms with Gasteiger partial charge in [0, 0.05) is 0 Å². The number of rotatable bonds is 4. The molecule has 11 heavy (non-hydrogen) atoms. The second kappa shape index (κ2) is 7.16. The average Bonchev–Trinajstić information content (AvgIpc) is 2.01. The maximum Gasteiger partial charge on any atom is 0.317 e. The summed E-state index contributed by atoms with van der Waals surface area (Å²) in [6, 6.07) is 0. The molecule has 0 saturated heterocycles. The first-order chi connectivity index (χ1) is 5.31. The minimum absolute atomic E-state index is 0.105. The second-order valence-corrected chi connectivity index (χ2v) is 2.39. The van der Waals surface area contributed by atoms with Crippen LogP contribution in [-0.2, 0) is 9.53 Å². The molecule has 0 atom stereocenters. The first-order valence-electron chi connectivity index (χ1n) is 3.09. The van der Waals surface area contributed by atoms with Crippen LogP contribution in [0, 0.1) is 10.7 Å². The zero-order valence-corrected chi connectivity index (χ0v) is 7.06. The highest BCUT2D eigenvalue weighted by molar-refractivity contribution is 8.04. The molecule has 0 rings (SSSR count). The lowest BCUT2D eigenvalue weighted by Crippen LogP contribution is -2.06. The Balaban J connectivity index is 3.31. The van der Waals surface area contributed by atoms with Crippen LogP contribution in [0.2, 0.25) is 0 Å². The van der Waals surface area contributed by atoms with Crippen LogP contribution in [0.5, 0.6) is 0 Å². The zero-order chi connectivity index (χ0) is 8.53. The Morgan fingerprint density at radius 2 is 2.55 bits per heavy atom. The van der Waals surface area contributed by atoms with Gasteiger partial charge in [0.05, 0.1) is 0 Å². The van der Waals surface area contributed by atoms with Crippen molar-refractivity contribution in [2.24, 2.45) is 0 Å². The maximum absolute atomic E-state index is 10.6. The second-order valence-electron chi connectivity index (χ2n) is 1.63. The molecule has 0 aliphatic heterocycles. The highest BCUT2D eigenvalue weighted by Gasteiger charge is 1.99. The summed E-state index contributed by atoms with van der Waals surface area (Å²) >= 11 is 0.881. The highest BCUT2D eigenvalue weighted by Crippen LogP contribution is 1.96. The van der Waals surface area contributed by atoms with Crippen LogP contribution >= 0.6 is 11.8 Å². The van der Waals surface area contributed by atoms with Crippen molar-refractivity contribution in [3.05, 3.63) is 12.2 Å². The van der Waals surface area contributed by atoms with Crippen LogP contribution in [0.1, 0.15) is 6.92 Å². The zero-order valence-electron chi connectivity index (χ0n) is 6.24. The molecule has 4 heteroatoms. The van der Waals surface area contributed by atoms with E-state index in [1.165, 1.54) is 0 Å². The SMILES string of the molecule is C/C=C/COC(=O)CSC#N. The van der Waals surface area contributed by atoms with Crippen LogP contribution in [0.25, 0.3) is 0 Å². The lowest BCUT2D eigenvalue weighted by Gasteiger charge is -1.96. The summed E-state index contributed by atoms with van der Waals surface area (Å²) in [4.78, 5) is 10.6. The van der Waals surface area contributed by atoms with Gasteiger partial charge in [-0.25, -0.2) is 0 Å². The lowest BCUT2D eigenvalue weighted by atomic mass is 10.5. The van der Waals surface area contributed by atoms with E-state index in [4.69, 9.17) is 5.26 Å². The van der Waals surface area contributed by atoms with E-state index in [-0.39, 0.29) is 11.7 Å². The maximum atomic E-state index is 10.6. The third-order valence-corrected chi connectivity index (χ3v) is 1.34. The Labute approximate surface area is 70.0 Å². The Kier molecular flexibility index (Phi) is 6.54. The van der Waals surface area contributed by atoms with E-state index < -0.39 is 0 Å². The Morgan fingerprint density at radius 1 is 1.82 bits per heavy atom. The molecule has 0 bridgehead atoms. The molecular formula is C7H9NO2S. The van der Waals surface area contributed by atoms with Crippen LogP contribution in [0.15, 0.2) is 12.2 Å². The summed E-state index contributed by atoms with van der Waals surface area (Å²) in [7, 11) is 0. The largest absolute Gasteiger partial charge is 0.461 e. The molecule has 0 aliphatic rings. The summed E-state index contributed by atoms with van der Waals surface area (Å²) in [5, 5.41) is 9.86. The van der Waals surface area contributed by atoms with Crippen LogP contribution in [0.4, 0.5) is 0 Å². The lowest BCUT2D eigenvalue weighted by molar-refractivity contribution is -0.139. The van der Waals surface area contributed by atoms with Crippen molar-refractivity contribution in [3.63, 3.8) is 0 Å². The van der Waals surface area contributed by atoms with Gasteiger partial charge in [0.1, 0.15) is 17.8 Å². The third kappa shape index (κ3) is 6.94. The molecule has 0 fully saturated rings. The van der Waals surface area contributed by atoms with Crippen molar-refractivity contribution < 1.29 is 9.53 Å². The van der Waals surface area contributed by atoms with Gasteiger partial charge in [-0.15, -0.1) is 0 Å². The van der Waals surface area contributed by atoms with Crippen molar-refractivity contribution >= 4 is 17.7 Å². The van der Waals surface area contributed by atoms with Gasteiger partial charge in [0.15, 0.2) is 0 Å². The van der Waals surface area contributed by atoms with Gasteiger partial charge in [-0.05, 0) is 18.7 Å². The highest BCUT2D eigenvalue weighted by atomic mass is 32.2. The number of allylic oxidation sites excluding steroid dienone is 1. The minimum Gasteiger partial charge on any atom is -0.461 e. The fourth-order valence-electron chi connectivity index (χ4n) is 0.370. The van der Waals surface area contributed by atoms with Gasteiger partial charge in [-0.2, -0.15) is 5.26 Å². The topological polar surface area (TPSA) is 50.1 Å². The Bertz CT molecular complexity index is 183. The fourth-order valence-corrected chi connectivity index (χ4v) is 0.636. The number of carbonyl (C=O) groups excluding carboxylic acids is 1. The Hall–Kier alpha value is -0.950. The van der Waals surface area contributed by atoms with E-state index in [0.717, 1.165) is 11.8 Å². The first kappa shape index (κ1) is 10.0. The number of thioether (sulfide) groups is 1. The predicted molar refractivity (Wildman–Crippen MR) is 43.8 cm³/mol. The third-order valence-electron chi connectivity index (χ3n) is 0.831. The molecule has 3 nitrogen and oxygen atoms in total. The van der Waals surface area contributed by atoms with E-state index in [0.29, 0.717) is 6.61 Å². The van der Waals surface area contributed by atoms with Crippen molar-refractivity contribution in [2.45, 2.75) is 6.92 Å². The van der Waals surface area contributed by atoms with Gasteiger partial charge >= 0.3 is 5.97 Å². The number of nitriles is 1. The summed E-state index contributed by atoms with van der Waals surface area (Å²) in [6.07, 6.45) is 3.53. The van der Waals surface area contributed by atoms with Crippen molar-refractivity contribution in [1.82, 2.24) is 0 Å². The predicted octanol–water partition coefficient (Wildman–Crippen LogP) is 1.32. The molecule has 0 N–H and O–H groups in total.